The fourth-order valence-corrected chi connectivity index (χ4v) is 6.12. The summed E-state index contributed by atoms with van der Waals surface area (Å²) >= 11 is 0. The van der Waals surface area contributed by atoms with E-state index < -0.39 is 10.0 Å². The Morgan fingerprint density at radius 2 is 1.52 bits per heavy atom. The number of pyridine rings is 1. The minimum atomic E-state index is -3.50. The van der Waals surface area contributed by atoms with Gasteiger partial charge >= 0.3 is 0 Å². The molecule has 3 aromatic rings. The van der Waals surface area contributed by atoms with Crippen LogP contribution in [0, 0.1) is 0 Å². The number of para-hydroxylation sites is 1. The van der Waals surface area contributed by atoms with Crippen molar-refractivity contribution in [3.05, 3.63) is 60.2 Å². The number of amides is 1. The van der Waals surface area contributed by atoms with Crippen LogP contribution >= 0.6 is 0 Å². The van der Waals surface area contributed by atoms with Gasteiger partial charge in [-0.2, -0.15) is 4.31 Å². The number of anilines is 2. The third kappa shape index (κ3) is 4.45. The Bertz CT molecular complexity index is 1260. The Morgan fingerprint density at radius 3 is 2.24 bits per heavy atom. The summed E-state index contributed by atoms with van der Waals surface area (Å²) in [4.78, 5) is 20.5. The summed E-state index contributed by atoms with van der Waals surface area (Å²) in [5.41, 5.74) is 1.95. The van der Waals surface area contributed by atoms with Gasteiger partial charge in [0.15, 0.2) is 0 Å². The van der Waals surface area contributed by atoms with E-state index in [0.29, 0.717) is 30.2 Å². The number of benzene rings is 2. The lowest BCUT2D eigenvalue weighted by Gasteiger charge is -2.25. The van der Waals surface area contributed by atoms with Gasteiger partial charge in [-0.25, -0.2) is 13.4 Å². The third-order valence-electron chi connectivity index (χ3n) is 6.42. The molecule has 0 spiro atoms. The first kappa shape index (κ1) is 21.9. The average molecular weight is 465 g/mol. The normalized spacial score (nSPS) is 17.4. The van der Waals surface area contributed by atoms with Crippen molar-refractivity contribution in [3.63, 3.8) is 0 Å². The smallest absolute Gasteiger partial charge is 0.259 e. The number of aromatic nitrogens is 1. The van der Waals surface area contributed by atoms with Crippen LogP contribution in [0.2, 0.25) is 0 Å². The van der Waals surface area contributed by atoms with E-state index in [0.717, 1.165) is 56.1 Å². The fourth-order valence-electron chi connectivity index (χ4n) is 4.61. The van der Waals surface area contributed by atoms with E-state index in [1.165, 1.54) is 0 Å². The predicted molar refractivity (Wildman–Crippen MR) is 130 cm³/mol. The molecule has 172 valence electrons. The van der Waals surface area contributed by atoms with Gasteiger partial charge in [0.2, 0.25) is 10.0 Å². The summed E-state index contributed by atoms with van der Waals surface area (Å²) in [6, 6.07) is 16.1. The molecule has 0 unspecified atom stereocenters. The van der Waals surface area contributed by atoms with Crippen LogP contribution in [0.1, 0.15) is 42.5 Å². The Morgan fingerprint density at radius 1 is 0.848 bits per heavy atom. The van der Waals surface area contributed by atoms with Crippen molar-refractivity contribution in [1.82, 2.24) is 9.29 Å². The van der Waals surface area contributed by atoms with Gasteiger partial charge in [-0.15, -0.1) is 0 Å². The monoisotopic (exact) mass is 464 g/mol. The van der Waals surface area contributed by atoms with E-state index in [1.54, 1.807) is 28.6 Å². The molecule has 1 N–H and O–H groups in total. The Balaban J connectivity index is 1.40. The number of nitrogens with zero attached hydrogens (tertiary/aromatic N) is 3. The van der Waals surface area contributed by atoms with Crippen LogP contribution in [0.25, 0.3) is 10.9 Å². The molecule has 33 heavy (non-hydrogen) atoms. The maximum atomic E-state index is 13.3. The van der Waals surface area contributed by atoms with Gasteiger partial charge in [0.05, 0.1) is 16.0 Å². The number of nitrogens with one attached hydrogen (secondary N) is 1. The van der Waals surface area contributed by atoms with E-state index in [1.807, 2.05) is 30.3 Å². The first-order chi connectivity index (χ1) is 16.0. The molecular formula is C25H28N4O3S. The Labute approximate surface area is 194 Å². The van der Waals surface area contributed by atoms with Crippen LogP contribution in [0.15, 0.2) is 59.5 Å². The average Bonchev–Trinajstić information content (AvgIpc) is 3.39. The summed E-state index contributed by atoms with van der Waals surface area (Å²) in [7, 11) is -3.50. The van der Waals surface area contributed by atoms with Crippen LogP contribution in [0.3, 0.4) is 0 Å². The molecule has 2 fully saturated rings. The number of rotatable bonds is 5. The van der Waals surface area contributed by atoms with Gasteiger partial charge in [0.25, 0.3) is 5.91 Å². The molecular weight excluding hydrogens is 436 g/mol. The second kappa shape index (κ2) is 9.11. The molecule has 8 heteroatoms. The maximum Gasteiger partial charge on any atom is 0.259 e. The van der Waals surface area contributed by atoms with E-state index in [2.05, 4.69) is 10.2 Å². The first-order valence-electron chi connectivity index (χ1n) is 11.6. The van der Waals surface area contributed by atoms with Crippen molar-refractivity contribution >= 4 is 38.3 Å². The predicted octanol–water partition coefficient (Wildman–Crippen LogP) is 4.26. The zero-order valence-corrected chi connectivity index (χ0v) is 19.4. The minimum absolute atomic E-state index is 0.248. The standard InChI is InChI=1S/C25H28N4O3S/c30-25(22-18-19-8-2-3-9-23(19)27-24(22)28-14-6-7-15-28)26-20-10-12-21(13-11-20)33(31,32)29-16-4-1-5-17-29/h2-3,8-13,18H,1,4-7,14-17H2,(H,26,30). The molecule has 2 saturated heterocycles. The zero-order valence-electron chi connectivity index (χ0n) is 18.5. The van der Waals surface area contributed by atoms with E-state index in [9.17, 15) is 13.2 Å². The Kier molecular flexibility index (Phi) is 6.03. The van der Waals surface area contributed by atoms with Gasteiger partial charge in [-0.05, 0) is 62.1 Å². The van der Waals surface area contributed by atoms with Gasteiger partial charge in [-0.3, -0.25) is 4.79 Å². The van der Waals surface area contributed by atoms with Crippen molar-refractivity contribution in [2.75, 3.05) is 36.4 Å². The lowest BCUT2D eigenvalue weighted by molar-refractivity contribution is 0.102. The maximum absolute atomic E-state index is 13.3. The molecule has 0 radical (unpaired) electrons. The van der Waals surface area contributed by atoms with Crippen LogP contribution in [0.4, 0.5) is 11.5 Å². The number of sulfonamides is 1. The second-order valence-corrected chi connectivity index (χ2v) is 10.6. The highest BCUT2D eigenvalue weighted by molar-refractivity contribution is 7.89. The van der Waals surface area contributed by atoms with Crippen molar-refractivity contribution in [2.45, 2.75) is 37.0 Å². The van der Waals surface area contributed by atoms with Gasteiger partial charge < -0.3 is 10.2 Å². The number of carbonyl (C=O) groups is 1. The summed E-state index contributed by atoms with van der Waals surface area (Å²) in [5, 5.41) is 3.84. The number of piperidine rings is 1. The highest BCUT2D eigenvalue weighted by atomic mass is 32.2. The van der Waals surface area contributed by atoms with Crippen LogP contribution in [-0.4, -0.2) is 49.8 Å². The number of fused-ring (bicyclic) bond motifs is 1. The van der Waals surface area contributed by atoms with Gasteiger partial charge in [-0.1, -0.05) is 24.6 Å². The van der Waals surface area contributed by atoms with Crippen LogP contribution < -0.4 is 10.2 Å². The molecule has 2 aliphatic rings. The van der Waals surface area contributed by atoms with Crippen molar-refractivity contribution in [1.29, 1.82) is 0 Å². The number of hydrogen-bond acceptors (Lipinski definition) is 5. The lowest BCUT2D eigenvalue weighted by atomic mass is 10.1. The fraction of sp³-hybridized carbons (Fsp3) is 0.360. The number of hydrogen-bond donors (Lipinski definition) is 1. The highest BCUT2D eigenvalue weighted by Gasteiger charge is 2.26. The minimum Gasteiger partial charge on any atom is -0.356 e. The lowest BCUT2D eigenvalue weighted by Crippen LogP contribution is -2.35. The molecule has 7 nitrogen and oxygen atoms in total. The third-order valence-corrected chi connectivity index (χ3v) is 8.33. The summed E-state index contributed by atoms with van der Waals surface area (Å²) in [6.45, 7) is 2.90. The van der Waals surface area contributed by atoms with Crippen molar-refractivity contribution < 1.29 is 13.2 Å². The van der Waals surface area contributed by atoms with E-state index in [4.69, 9.17) is 4.98 Å². The van der Waals surface area contributed by atoms with E-state index >= 15 is 0 Å². The molecule has 1 amide bonds. The quantitative estimate of drug-likeness (QED) is 0.610. The molecule has 0 saturated carbocycles. The molecule has 0 atom stereocenters. The molecule has 2 aliphatic heterocycles. The highest BCUT2D eigenvalue weighted by Crippen LogP contribution is 2.28. The molecule has 1 aromatic heterocycles. The van der Waals surface area contributed by atoms with Gasteiger partial charge in [0, 0.05) is 37.3 Å². The largest absolute Gasteiger partial charge is 0.356 e. The zero-order chi connectivity index (χ0) is 22.8. The summed E-state index contributed by atoms with van der Waals surface area (Å²) in [5.74, 6) is 0.454. The number of carbonyl (C=O) groups excluding carboxylic acids is 1. The summed E-state index contributed by atoms with van der Waals surface area (Å²) in [6.07, 6.45) is 5.03. The van der Waals surface area contributed by atoms with Gasteiger partial charge in [0.1, 0.15) is 5.82 Å². The summed E-state index contributed by atoms with van der Waals surface area (Å²) < 4.78 is 27.3. The van der Waals surface area contributed by atoms with Crippen LogP contribution in [0.5, 0.6) is 0 Å². The van der Waals surface area contributed by atoms with Crippen molar-refractivity contribution in [3.8, 4) is 0 Å². The molecule has 0 aliphatic carbocycles. The van der Waals surface area contributed by atoms with Crippen LogP contribution in [-0.2, 0) is 10.0 Å². The topological polar surface area (TPSA) is 82.6 Å². The molecule has 5 rings (SSSR count). The first-order valence-corrected chi connectivity index (χ1v) is 13.0. The second-order valence-electron chi connectivity index (χ2n) is 8.69. The SMILES string of the molecule is O=C(Nc1ccc(S(=O)(=O)N2CCCCC2)cc1)c1cc2ccccc2nc1N1CCCC1. The molecule has 3 heterocycles. The van der Waals surface area contributed by atoms with E-state index in [-0.39, 0.29) is 10.8 Å². The Hall–Kier alpha value is -2.97. The van der Waals surface area contributed by atoms with Crippen molar-refractivity contribution in [2.24, 2.45) is 0 Å². The molecule has 2 aromatic carbocycles. The molecule has 0 bridgehead atoms.